The molecule has 72 heavy (non-hydrogen) atoms. The SMILES string of the molecule is C=CC(=O)Nc1cc(Nc2nc(-c3ccnc(N4CCn5c(cc6c5CC(C)(C)C6)C4=O)c3CO)cn(C)c2=O)ccc1N1CCN(C2CCN(c3cccc4c3CN(C3CCOCC3)C4=O)CC2)CC1C. The Bertz CT molecular complexity index is 3040. The number of amides is 3. The van der Waals surface area contributed by atoms with Gasteiger partial charge < -0.3 is 44.3 Å². The number of aromatic nitrogens is 4. The molecule has 17 nitrogen and oxygen atoms in total. The molecule has 0 radical (unpaired) electrons. The zero-order chi connectivity index (χ0) is 50.0. The van der Waals surface area contributed by atoms with Gasteiger partial charge in [0.2, 0.25) is 5.91 Å². The first kappa shape index (κ1) is 47.5. The van der Waals surface area contributed by atoms with Crippen LogP contribution in [0.5, 0.6) is 0 Å². The fraction of sp³-hybridized carbons (Fsp3) is 0.455. The van der Waals surface area contributed by atoms with E-state index in [-0.39, 0.29) is 46.6 Å². The number of piperidine rings is 1. The number of carbonyl (C=O) groups is 3. The number of anilines is 6. The molecule has 3 saturated heterocycles. The Morgan fingerprint density at radius 2 is 1.71 bits per heavy atom. The molecule has 1 aliphatic carbocycles. The summed E-state index contributed by atoms with van der Waals surface area (Å²) < 4.78 is 9.17. The predicted molar refractivity (Wildman–Crippen MR) is 278 cm³/mol. The molecule has 5 aliphatic heterocycles. The van der Waals surface area contributed by atoms with E-state index < -0.39 is 6.61 Å². The summed E-state index contributed by atoms with van der Waals surface area (Å²) in [6.45, 7) is 17.4. The molecule has 0 saturated carbocycles. The number of hydrogen-bond acceptors (Lipinski definition) is 12. The summed E-state index contributed by atoms with van der Waals surface area (Å²) in [5, 5.41) is 17.1. The molecule has 2 aromatic carbocycles. The van der Waals surface area contributed by atoms with Crippen molar-refractivity contribution in [3.05, 3.63) is 118 Å². The first-order valence-electron chi connectivity index (χ1n) is 25.6. The predicted octanol–water partition coefficient (Wildman–Crippen LogP) is 6.10. The molecule has 0 bridgehead atoms. The molecular formula is C55H65N11O6. The minimum Gasteiger partial charge on any atom is -0.392 e. The third kappa shape index (κ3) is 8.64. The molecule has 1 unspecified atom stereocenters. The van der Waals surface area contributed by atoms with E-state index in [1.54, 1.807) is 30.4 Å². The number of pyridine rings is 1. The van der Waals surface area contributed by atoms with E-state index in [1.165, 1.54) is 27.6 Å². The number of aliphatic hydroxyl groups is 1. The molecule has 3 aromatic heterocycles. The number of nitrogens with zero attached hydrogens (tertiary/aromatic N) is 9. The van der Waals surface area contributed by atoms with E-state index in [0.29, 0.717) is 78.6 Å². The third-order valence-corrected chi connectivity index (χ3v) is 16.0. The van der Waals surface area contributed by atoms with Crippen LogP contribution in [0, 0.1) is 5.41 Å². The second-order valence-corrected chi connectivity index (χ2v) is 21.2. The number of ether oxygens (including phenoxy) is 1. The van der Waals surface area contributed by atoms with Gasteiger partial charge in [-0.05, 0) is 105 Å². The Balaban J connectivity index is 0.779. The first-order chi connectivity index (χ1) is 34.8. The molecule has 17 heteroatoms. The van der Waals surface area contributed by atoms with Crippen molar-refractivity contribution in [2.75, 3.05) is 77.8 Å². The highest BCUT2D eigenvalue weighted by molar-refractivity contribution is 6.06. The number of hydrogen-bond donors (Lipinski definition) is 3. The van der Waals surface area contributed by atoms with Gasteiger partial charge in [0.1, 0.15) is 11.5 Å². The number of fused-ring (bicyclic) bond motifs is 4. The Morgan fingerprint density at radius 1 is 0.903 bits per heavy atom. The van der Waals surface area contributed by atoms with Crippen molar-refractivity contribution in [3.63, 3.8) is 0 Å². The number of carbonyl (C=O) groups excluding carboxylic acids is 3. The van der Waals surface area contributed by atoms with Crippen molar-refractivity contribution >= 4 is 52.1 Å². The van der Waals surface area contributed by atoms with E-state index in [0.717, 1.165) is 88.1 Å². The third-order valence-electron chi connectivity index (χ3n) is 16.0. The van der Waals surface area contributed by atoms with Crippen LogP contribution in [0.4, 0.5) is 34.4 Å². The summed E-state index contributed by atoms with van der Waals surface area (Å²) in [5.41, 5.74) is 9.42. The number of aryl methyl sites for hydroxylation is 1. The molecule has 0 spiro atoms. The second kappa shape index (κ2) is 19.0. The van der Waals surface area contributed by atoms with E-state index in [2.05, 4.69) is 73.2 Å². The van der Waals surface area contributed by atoms with Crippen LogP contribution in [0.3, 0.4) is 0 Å². The quantitative estimate of drug-likeness (QED) is 0.130. The highest BCUT2D eigenvalue weighted by Gasteiger charge is 2.40. The lowest BCUT2D eigenvalue weighted by atomic mass is 9.90. The van der Waals surface area contributed by atoms with Crippen LogP contribution >= 0.6 is 0 Å². The molecule has 376 valence electrons. The van der Waals surface area contributed by atoms with Gasteiger partial charge in [-0.25, -0.2) is 9.97 Å². The Kier molecular flexibility index (Phi) is 12.5. The molecule has 11 rings (SSSR count). The van der Waals surface area contributed by atoms with E-state index in [9.17, 15) is 24.3 Å². The van der Waals surface area contributed by atoms with Gasteiger partial charge in [-0.3, -0.25) is 29.0 Å². The monoisotopic (exact) mass is 976 g/mol. The van der Waals surface area contributed by atoms with Gasteiger partial charge in [0.15, 0.2) is 5.82 Å². The number of aliphatic hydroxyl groups excluding tert-OH is 1. The number of rotatable bonds is 11. The summed E-state index contributed by atoms with van der Waals surface area (Å²) in [4.78, 5) is 74.8. The van der Waals surface area contributed by atoms with Gasteiger partial charge in [0, 0.05) is 142 Å². The summed E-state index contributed by atoms with van der Waals surface area (Å²) in [6.07, 6.45) is 10.1. The van der Waals surface area contributed by atoms with Crippen LogP contribution in [0.25, 0.3) is 11.3 Å². The van der Waals surface area contributed by atoms with Gasteiger partial charge in [-0.2, -0.15) is 0 Å². The average Bonchev–Trinajstić information content (AvgIpc) is 4.02. The minimum absolute atomic E-state index is 0.0467. The van der Waals surface area contributed by atoms with E-state index in [4.69, 9.17) is 9.72 Å². The van der Waals surface area contributed by atoms with E-state index in [1.807, 2.05) is 36.4 Å². The number of piperazine rings is 1. The van der Waals surface area contributed by atoms with Crippen LogP contribution in [0.2, 0.25) is 0 Å². The maximum Gasteiger partial charge on any atom is 0.293 e. The molecule has 3 fully saturated rings. The number of nitrogens with one attached hydrogen (secondary N) is 2. The molecule has 8 heterocycles. The van der Waals surface area contributed by atoms with Crippen LogP contribution in [-0.4, -0.2) is 122 Å². The van der Waals surface area contributed by atoms with Crippen LogP contribution in [0.15, 0.2) is 78.4 Å². The van der Waals surface area contributed by atoms with Crippen molar-refractivity contribution < 1.29 is 24.2 Å². The highest BCUT2D eigenvalue weighted by Crippen LogP contribution is 2.41. The maximum absolute atomic E-state index is 14.1. The van der Waals surface area contributed by atoms with E-state index >= 15 is 0 Å². The second-order valence-electron chi connectivity index (χ2n) is 21.2. The maximum atomic E-state index is 14.1. The normalized spacial score (nSPS) is 20.4. The summed E-state index contributed by atoms with van der Waals surface area (Å²) >= 11 is 0. The lowest BCUT2D eigenvalue weighted by Gasteiger charge is -2.47. The van der Waals surface area contributed by atoms with Crippen LogP contribution in [0.1, 0.15) is 89.7 Å². The highest BCUT2D eigenvalue weighted by atomic mass is 16.5. The fourth-order valence-corrected chi connectivity index (χ4v) is 12.4. The smallest absolute Gasteiger partial charge is 0.293 e. The van der Waals surface area contributed by atoms with Crippen LogP contribution < -0.4 is 30.9 Å². The van der Waals surface area contributed by atoms with Crippen LogP contribution in [-0.2, 0) is 49.1 Å². The Morgan fingerprint density at radius 3 is 2.47 bits per heavy atom. The Hall–Kier alpha value is -6.82. The van der Waals surface area contributed by atoms with Crippen molar-refractivity contribution in [1.29, 1.82) is 0 Å². The lowest BCUT2D eigenvalue weighted by Crippen LogP contribution is -2.57. The molecule has 3 amide bonds. The summed E-state index contributed by atoms with van der Waals surface area (Å²) in [7, 11) is 1.64. The largest absolute Gasteiger partial charge is 0.392 e. The van der Waals surface area contributed by atoms with Gasteiger partial charge in [0.25, 0.3) is 17.4 Å². The van der Waals surface area contributed by atoms with Gasteiger partial charge in [0.05, 0.1) is 23.7 Å². The van der Waals surface area contributed by atoms with Crippen molar-refractivity contribution in [2.24, 2.45) is 12.5 Å². The average molecular weight is 976 g/mol. The fourth-order valence-electron chi connectivity index (χ4n) is 12.4. The molecule has 3 N–H and O–H groups in total. The van der Waals surface area contributed by atoms with Gasteiger partial charge in [-0.15, -0.1) is 0 Å². The molecule has 5 aromatic rings. The molecule has 1 atom stereocenters. The van der Waals surface area contributed by atoms with Crippen molar-refractivity contribution in [2.45, 2.75) is 97.1 Å². The minimum atomic E-state index is -0.405. The lowest BCUT2D eigenvalue weighted by molar-refractivity contribution is -0.111. The summed E-state index contributed by atoms with van der Waals surface area (Å²) in [5.74, 6) is 0.0395. The van der Waals surface area contributed by atoms with Crippen molar-refractivity contribution in [1.82, 2.24) is 28.9 Å². The van der Waals surface area contributed by atoms with Gasteiger partial charge in [-0.1, -0.05) is 26.5 Å². The zero-order valence-corrected chi connectivity index (χ0v) is 41.8. The zero-order valence-electron chi connectivity index (χ0n) is 41.8. The standard InChI is InChI=1S/C55H65N11O6/c1-6-49(68)58-43-27-36(57-50-54(71)60(5)32-44(59-50)39-12-17-56-51(42(39)33-67)65-23-22-64-47(53(65)70)26-35-28-55(3,4)29-48(35)64)10-11-46(43)63-21-20-62(30-34(63)2)37-13-18-61(19-14-37)45-9-7-8-40-41(45)31-66(52(40)69)38-15-24-72-25-16-38/h6-12,17,26-27,32,34,37-38,67H,1,13-16,18-25,28-31,33H2,2-5H3,(H,57,59)(H,58,68). The Labute approximate surface area is 420 Å². The topological polar surface area (TPSA) is 174 Å². The molecular weight excluding hydrogens is 911 g/mol. The first-order valence-corrected chi connectivity index (χ1v) is 25.6. The summed E-state index contributed by atoms with van der Waals surface area (Å²) in [6, 6.07) is 16.4. The number of benzene rings is 2. The van der Waals surface area contributed by atoms with Crippen molar-refractivity contribution in [3.8, 4) is 11.3 Å². The molecule has 6 aliphatic rings. The van der Waals surface area contributed by atoms with Gasteiger partial charge >= 0.3 is 0 Å².